The van der Waals surface area contributed by atoms with Gasteiger partial charge in [-0.3, -0.25) is 0 Å². The molecule has 0 aliphatic carbocycles. The van der Waals surface area contributed by atoms with E-state index in [1.54, 1.807) is 11.3 Å². The monoisotopic (exact) mass is 225 g/mol. The summed E-state index contributed by atoms with van der Waals surface area (Å²) in [7, 11) is 0. The van der Waals surface area contributed by atoms with Gasteiger partial charge >= 0.3 is 0 Å². The van der Waals surface area contributed by atoms with Crippen molar-refractivity contribution >= 4 is 11.3 Å². The van der Waals surface area contributed by atoms with Crippen LogP contribution in [0.1, 0.15) is 17.6 Å². The normalized spacial score (nSPS) is 23.2. The SMILES string of the molecule is Cc1csc(CCN2CCNC(C)C2)n1. The third-order valence-electron chi connectivity index (χ3n) is 2.76. The van der Waals surface area contributed by atoms with E-state index < -0.39 is 0 Å². The van der Waals surface area contributed by atoms with E-state index in [-0.39, 0.29) is 0 Å². The molecule has 0 saturated carbocycles. The van der Waals surface area contributed by atoms with E-state index >= 15 is 0 Å². The molecule has 1 aromatic rings. The maximum atomic E-state index is 4.49. The molecule has 0 spiro atoms. The number of rotatable bonds is 3. The molecule has 15 heavy (non-hydrogen) atoms. The Bertz CT molecular complexity index is 311. The molecule has 1 aliphatic heterocycles. The number of thiazole rings is 1. The number of nitrogens with one attached hydrogen (secondary N) is 1. The molecule has 1 fully saturated rings. The Morgan fingerprint density at radius 1 is 1.67 bits per heavy atom. The fraction of sp³-hybridized carbons (Fsp3) is 0.727. The van der Waals surface area contributed by atoms with Crippen molar-refractivity contribution in [2.45, 2.75) is 26.3 Å². The fourth-order valence-corrected chi connectivity index (χ4v) is 2.75. The van der Waals surface area contributed by atoms with Crippen LogP contribution in [0.4, 0.5) is 0 Å². The Balaban J connectivity index is 1.77. The van der Waals surface area contributed by atoms with Crippen LogP contribution in [0.5, 0.6) is 0 Å². The molecule has 4 heteroatoms. The van der Waals surface area contributed by atoms with Gasteiger partial charge in [0.15, 0.2) is 0 Å². The zero-order valence-electron chi connectivity index (χ0n) is 9.49. The van der Waals surface area contributed by atoms with E-state index in [0.717, 1.165) is 25.2 Å². The topological polar surface area (TPSA) is 28.2 Å². The fourth-order valence-electron chi connectivity index (χ4n) is 1.99. The van der Waals surface area contributed by atoms with Crippen LogP contribution < -0.4 is 5.32 Å². The summed E-state index contributed by atoms with van der Waals surface area (Å²) in [6.45, 7) is 8.93. The average molecular weight is 225 g/mol. The molecule has 1 aliphatic rings. The first-order valence-electron chi connectivity index (χ1n) is 5.61. The van der Waals surface area contributed by atoms with E-state index in [9.17, 15) is 0 Å². The van der Waals surface area contributed by atoms with Crippen molar-refractivity contribution in [1.29, 1.82) is 0 Å². The Kier molecular flexibility index (Phi) is 3.72. The molecule has 0 radical (unpaired) electrons. The third kappa shape index (κ3) is 3.26. The van der Waals surface area contributed by atoms with Crippen molar-refractivity contribution in [3.05, 3.63) is 16.1 Å². The minimum absolute atomic E-state index is 0.636. The van der Waals surface area contributed by atoms with Crippen molar-refractivity contribution in [1.82, 2.24) is 15.2 Å². The number of aromatic nitrogens is 1. The van der Waals surface area contributed by atoms with Gasteiger partial charge in [-0.05, 0) is 13.8 Å². The largest absolute Gasteiger partial charge is 0.312 e. The molecule has 0 amide bonds. The number of nitrogens with zero attached hydrogens (tertiary/aromatic N) is 2. The minimum Gasteiger partial charge on any atom is -0.312 e. The molecule has 0 aromatic carbocycles. The van der Waals surface area contributed by atoms with Crippen molar-refractivity contribution in [3.8, 4) is 0 Å². The summed E-state index contributed by atoms with van der Waals surface area (Å²) < 4.78 is 0. The summed E-state index contributed by atoms with van der Waals surface area (Å²) in [6.07, 6.45) is 1.10. The van der Waals surface area contributed by atoms with Crippen LogP contribution in [-0.2, 0) is 6.42 Å². The predicted molar refractivity (Wildman–Crippen MR) is 64.5 cm³/mol. The van der Waals surface area contributed by atoms with Gasteiger partial charge in [-0.25, -0.2) is 4.98 Å². The van der Waals surface area contributed by atoms with E-state index in [2.05, 4.69) is 34.4 Å². The summed E-state index contributed by atoms with van der Waals surface area (Å²) in [5, 5.41) is 6.87. The molecule has 84 valence electrons. The summed E-state index contributed by atoms with van der Waals surface area (Å²) in [5.41, 5.74) is 1.16. The van der Waals surface area contributed by atoms with Crippen LogP contribution in [0.25, 0.3) is 0 Å². The molecule has 1 N–H and O–H groups in total. The lowest BCUT2D eigenvalue weighted by atomic mass is 10.2. The number of hydrogen-bond acceptors (Lipinski definition) is 4. The van der Waals surface area contributed by atoms with Crippen molar-refractivity contribution in [3.63, 3.8) is 0 Å². The van der Waals surface area contributed by atoms with E-state index in [4.69, 9.17) is 0 Å². The van der Waals surface area contributed by atoms with Crippen LogP contribution in [0.3, 0.4) is 0 Å². The number of aryl methyl sites for hydroxylation is 1. The number of hydrogen-bond donors (Lipinski definition) is 1. The highest BCUT2D eigenvalue weighted by Crippen LogP contribution is 2.10. The Labute approximate surface area is 95.5 Å². The lowest BCUT2D eigenvalue weighted by Crippen LogP contribution is -2.49. The second-order valence-corrected chi connectivity index (χ2v) is 5.23. The molecule has 0 bridgehead atoms. The van der Waals surface area contributed by atoms with Crippen LogP contribution in [0.2, 0.25) is 0 Å². The van der Waals surface area contributed by atoms with E-state index in [1.165, 1.54) is 18.1 Å². The van der Waals surface area contributed by atoms with Crippen molar-refractivity contribution < 1.29 is 0 Å². The highest BCUT2D eigenvalue weighted by molar-refractivity contribution is 7.09. The molecular formula is C11H19N3S. The quantitative estimate of drug-likeness (QED) is 0.840. The lowest BCUT2D eigenvalue weighted by molar-refractivity contribution is 0.209. The van der Waals surface area contributed by atoms with Gasteiger partial charge in [0.1, 0.15) is 0 Å². The first-order chi connectivity index (χ1) is 7.24. The smallest absolute Gasteiger partial charge is 0.0940 e. The molecule has 1 unspecified atom stereocenters. The third-order valence-corrected chi connectivity index (χ3v) is 3.79. The van der Waals surface area contributed by atoms with Gasteiger partial charge in [-0.15, -0.1) is 11.3 Å². The second kappa shape index (κ2) is 5.05. The first kappa shape index (κ1) is 11.0. The lowest BCUT2D eigenvalue weighted by Gasteiger charge is -2.31. The summed E-state index contributed by atoms with van der Waals surface area (Å²) in [4.78, 5) is 7.02. The molecule has 1 saturated heterocycles. The highest BCUT2D eigenvalue weighted by Gasteiger charge is 2.15. The molecule has 3 nitrogen and oxygen atoms in total. The molecule has 2 heterocycles. The summed E-state index contributed by atoms with van der Waals surface area (Å²) in [6, 6.07) is 0.636. The Morgan fingerprint density at radius 2 is 2.53 bits per heavy atom. The van der Waals surface area contributed by atoms with Crippen molar-refractivity contribution in [2.24, 2.45) is 0 Å². The van der Waals surface area contributed by atoms with Gasteiger partial charge in [0, 0.05) is 49.7 Å². The maximum Gasteiger partial charge on any atom is 0.0940 e. The van der Waals surface area contributed by atoms with Crippen LogP contribution >= 0.6 is 11.3 Å². The van der Waals surface area contributed by atoms with Gasteiger partial charge in [0.25, 0.3) is 0 Å². The Hall–Kier alpha value is -0.450. The van der Waals surface area contributed by atoms with Crippen LogP contribution in [-0.4, -0.2) is 42.1 Å². The van der Waals surface area contributed by atoms with E-state index in [1.807, 2.05) is 0 Å². The van der Waals surface area contributed by atoms with E-state index in [0.29, 0.717) is 6.04 Å². The first-order valence-corrected chi connectivity index (χ1v) is 6.49. The second-order valence-electron chi connectivity index (χ2n) is 4.29. The molecular weight excluding hydrogens is 206 g/mol. The van der Waals surface area contributed by atoms with Crippen LogP contribution in [0, 0.1) is 6.92 Å². The predicted octanol–water partition coefficient (Wildman–Crippen LogP) is 1.29. The maximum absolute atomic E-state index is 4.49. The highest BCUT2D eigenvalue weighted by atomic mass is 32.1. The van der Waals surface area contributed by atoms with Gasteiger partial charge in [0.05, 0.1) is 5.01 Å². The average Bonchev–Trinajstić information content (AvgIpc) is 2.62. The summed E-state index contributed by atoms with van der Waals surface area (Å²) in [5.74, 6) is 0. The standard InChI is InChI=1S/C11H19N3S/c1-9-7-14(6-4-12-9)5-3-11-13-10(2)8-15-11/h8-9,12H,3-7H2,1-2H3. The van der Waals surface area contributed by atoms with Gasteiger partial charge in [-0.2, -0.15) is 0 Å². The molecule has 2 rings (SSSR count). The zero-order chi connectivity index (χ0) is 10.7. The van der Waals surface area contributed by atoms with Gasteiger partial charge in [0.2, 0.25) is 0 Å². The van der Waals surface area contributed by atoms with Gasteiger partial charge < -0.3 is 10.2 Å². The number of piperazine rings is 1. The molecule has 1 atom stereocenters. The summed E-state index contributed by atoms with van der Waals surface area (Å²) >= 11 is 1.79. The molecule has 1 aromatic heterocycles. The van der Waals surface area contributed by atoms with Crippen LogP contribution in [0.15, 0.2) is 5.38 Å². The Morgan fingerprint density at radius 3 is 3.20 bits per heavy atom. The minimum atomic E-state index is 0.636. The zero-order valence-corrected chi connectivity index (χ0v) is 10.3. The van der Waals surface area contributed by atoms with Crippen molar-refractivity contribution in [2.75, 3.05) is 26.2 Å². The van der Waals surface area contributed by atoms with Gasteiger partial charge in [-0.1, -0.05) is 0 Å².